The number of hydrogen-bond acceptors (Lipinski definition) is 5. The fourth-order valence-corrected chi connectivity index (χ4v) is 2.34. The van der Waals surface area contributed by atoms with Crippen molar-refractivity contribution in [2.75, 3.05) is 0 Å². The fourth-order valence-electron chi connectivity index (χ4n) is 1.97. The highest BCUT2D eigenvalue weighted by atomic mass is 79.9. The molecule has 0 aliphatic rings. The molecule has 2 aromatic carbocycles. The second-order valence-corrected chi connectivity index (χ2v) is 6.01. The Labute approximate surface area is 141 Å². The smallest absolute Gasteiger partial charge is 0.342 e. The number of aromatic hydroxyl groups is 2. The van der Waals surface area contributed by atoms with Gasteiger partial charge >= 0.3 is 5.97 Å². The lowest BCUT2D eigenvalue weighted by Crippen LogP contribution is -2.13. The number of phenols is 2. The Balaban J connectivity index is 2.43. The highest BCUT2D eigenvalue weighted by molar-refractivity contribution is 9.10. The third kappa shape index (κ3) is 3.71. The van der Waals surface area contributed by atoms with Crippen LogP contribution in [0, 0.1) is 0 Å². The van der Waals surface area contributed by atoms with Crippen LogP contribution in [0.2, 0.25) is 0 Å². The van der Waals surface area contributed by atoms with Crippen LogP contribution in [0.3, 0.4) is 0 Å². The van der Waals surface area contributed by atoms with E-state index in [1.54, 1.807) is 26.0 Å². The highest BCUT2D eigenvalue weighted by Crippen LogP contribution is 2.30. The molecule has 0 aliphatic carbocycles. The van der Waals surface area contributed by atoms with Gasteiger partial charge in [0, 0.05) is 5.56 Å². The van der Waals surface area contributed by atoms with Crippen LogP contribution >= 0.6 is 15.9 Å². The molecule has 5 nitrogen and oxygen atoms in total. The molecule has 0 amide bonds. The van der Waals surface area contributed by atoms with E-state index in [1.165, 1.54) is 24.3 Å². The zero-order valence-corrected chi connectivity index (χ0v) is 14.1. The van der Waals surface area contributed by atoms with Crippen LogP contribution in [0.25, 0.3) is 0 Å². The Morgan fingerprint density at radius 1 is 1.09 bits per heavy atom. The Kier molecular flexibility index (Phi) is 5.05. The maximum Gasteiger partial charge on any atom is 0.342 e. The third-order valence-corrected chi connectivity index (χ3v) is 3.69. The van der Waals surface area contributed by atoms with E-state index in [4.69, 9.17) is 4.74 Å². The van der Waals surface area contributed by atoms with Crippen molar-refractivity contribution >= 4 is 27.7 Å². The van der Waals surface area contributed by atoms with E-state index in [0.29, 0.717) is 4.47 Å². The number of rotatable bonds is 4. The van der Waals surface area contributed by atoms with Crippen molar-refractivity contribution in [1.82, 2.24) is 0 Å². The number of phenolic OH excluding ortho intramolecular Hbond substituents is 2. The van der Waals surface area contributed by atoms with Gasteiger partial charge in [0.25, 0.3) is 0 Å². The molecule has 23 heavy (non-hydrogen) atoms. The number of carbonyl (C=O) groups is 2. The van der Waals surface area contributed by atoms with Crippen LogP contribution in [0.4, 0.5) is 0 Å². The largest absolute Gasteiger partial charge is 0.507 e. The number of esters is 1. The Morgan fingerprint density at radius 2 is 1.78 bits per heavy atom. The standard InChI is InChI=1S/C17H15BrO5/c1-9(2)23-17(22)12-8-10(6-7-14(12)19)15(20)11-4-3-5-13(18)16(11)21/h3-9,19,21H,1-2H3. The van der Waals surface area contributed by atoms with Gasteiger partial charge in [-0.3, -0.25) is 4.79 Å². The lowest BCUT2D eigenvalue weighted by molar-refractivity contribution is 0.0374. The number of benzene rings is 2. The van der Waals surface area contributed by atoms with Gasteiger partial charge in [-0.15, -0.1) is 0 Å². The number of hydrogen-bond donors (Lipinski definition) is 2. The van der Waals surface area contributed by atoms with Crippen LogP contribution in [0.1, 0.15) is 40.1 Å². The molecule has 0 fully saturated rings. The van der Waals surface area contributed by atoms with Crippen LogP contribution in [-0.4, -0.2) is 28.1 Å². The first-order valence-corrected chi connectivity index (χ1v) is 7.66. The predicted octanol–water partition coefficient (Wildman–Crippen LogP) is 3.66. The van der Waals surface area contributed by atoms with Gasteiger partial charge in [0.05, 0.1) is 16.1 Å². The molecule has 2 aromatic rings. The molecule has 6 heteroatoms. The first-order valence-electron chi connectivity index (χ1n) is 6.87. The lowest BCUT2D eigenvalue weighted by atomic mass is 10.00. The minimum atomic E-state index is -0.717. The van der Waals surface area contributed by atoms with Crippen molar-refractivity contribution in [2.45, 2.75) is 20.0 Å². The lowest BCUT2D eigenvalue weighted by Gasteiger charge is -2.11. The number of carbonyl (C=O) groups excluding carboxylic acids is 2. The maximum absolute atomic E-state index is 12.5. The topological polar surface area (TPSA) is 83.8 Å². The summed E-state index contributed by atoms with van der Waals surface area (Å²) in [7, 11) is 0. The number of halogens is 1. The van der Waals surface area contributed by atoms with Crippen molar-refractivity contribution < 1.29 is 24.5 Å². The molecule has 0 saturated carbocycles. The Hall–Kier alpha value is -2.34. The van der Waals surface area contributed by atoms with Crippen LogP contribution in [0.15, 0.2) is 40.9 Å². The normalized spacial score (nSPS) is 10.6. The summed E-state index contributed by atoms with van der Waals surface area (Å²) in [6, 6.07) is 8.58. The number of ketones is 1. The predicted molar refractivity (Wildman–Crippen MR) is 87.9 cm³/mol. The van der Waals surface area contributed by atoms with Gasteiger partial charge < -0.3 is 14.9 Å². The first-order chi connectivity index (χ1) is 10.8. The molecule has 0 atom stereocenters. The zero-order valence-electron chi connectivity index (χ0n) is 12.5. The van der Waals surface area contributed by atoms with Crippen LogP contribution < -0.4 is 0 Å². The molecule has 0 spiro atoms. The minimum Gasteiger partial charge on any atom is -0.507 e. The van der Waals surface area contributed by atoms with E-state index in [2.05, 4.69) is 15.9 Å². The van der Waals surface area contributed by atoms with Crippen molar-refractivity contribution in [2.24, 2.45) is 0 Å². The molecule has 2 N–H and O–H groups in total. The minimum absolute atomic E-state index is 0.0910. The molecule has 0 saturated heterocycles. The van der Waals surface area contributed by atoms with E-state index in [-0.39, 0.29) is 34.3 Å². The quantitative estimate of drug-likeness (QED) is 0.626. The van der Waals surface area contributed by atoms with Crippen LogP contribution in [-0.2, 0) is 4.74 Å². The second-order valence-electron chi connectivity index (χ2n) is 5.15. The summed E-state index contributed by atoms with van der Waals surface area (Å²) in [5.74, 6) is -1.64. The molecule has 0 radical (unpaired) electrons. The summed E-state index contributed by atoms with van der Waals surface area (Å²) < 4.78 is 5.42. The number of para-hydroxylation sites is 1. The Morgan fingerprint density at radius 3 is 2.43 bits per heavy atom. The van der Waals surface area contributed by atoms with Gasteiger partial charge in [0.15, 0.2) is 5.78 Å². The average molecular weight is 379 g/mol. The van der Waals surface area contributed by atoms with E-state index >= 15 is 0 Å². The summed E-state index contributed by atoms with van der Waals surface area (Å²) in [6.07, 6.45) is -0.351. The fraction of sp³-hybridized carbons (Fsp3) is 0.176. The Bertz CT molecular complexity index is 768. The van der Waals surface area contributed by atoms with Gasteiger partial charge in [-0.2, -0.15) is 0 Å². The molecular formula is C17H15BrO5. The molecule has 0 aromatic heterocycles. The van der Waals surface area contributed by atoms with Gasteiger partial charge in [0.2, 0.25) is 0 Å². The van der Waals surface area contributed by atoms with Crippen molar-refractivity contribution in [3.63, 3.8) is 0 Å². The van der Waals surface area contributed by atoms with Crippen LogP contribution in [0.5, 0.6) is 11.5 Å². The van der Waals surface area contributed by atoms with E-state index in [1.807, 2.05) is 0 Å². The molecule has 0 heterocycles. The average Bonchev–Trinajstić information content (AvgIpc) is 2.49. The number of ether oxygens (including phenoxy) is 1. The summed E-state index contributed by atoms with van der Waals surface area (Å²) in [4.78, 5) is 24.5. The zero-order chi connectivity index (χ0) is 17.1. The van der Waals surface area contributed by atoms with Gasteiger partial charge in [0.1, 0.15) is 17.1 Å². The van der Waals surface area contributed by atoms with Gasteiger partial charge in [-0.05, 0) is 60.1 Å². The summed E-state index contributed by atoms with van der Waals surface area (Å²) in [5.41, 5.74) is 0.152. The molecule has 0 unspecified atom stereocenters. The van der Waals surface area contributed by atoms with Crippen molar-refractivity contribution in [1.29, 1.82) is 0 Å². The van der Waals surface area contributed by atoms with Gasteiger partial charge in [-0.25, -0.2) is 4.79 Å². The third-order valence-electron chi connectivity index (χ3n) is 3.05. The summed E-state index contributed by atoms with van der Waals surface area (Å²) >= 11 is 3.15. The van der Waals surface area contributed by atoms with Gasteiger partial charge in [-0.1, -0.05) is 6.07 Å². The SMILES string of the molecule is CC(C)OC(=O)c1cc(C(=O)c2cccc(Br)c2O)ccc1O. The molecule has 120 valence electrons. The summed E-state index contributed by atoms with van der Waals surface area (Å²) in [6.45, 7) is 3.37. The molecule has 2 rings (SSSR count). The molecular weight excluding hydrogens is 364 g/mol. The maximum atomic E-state index is 12.5. The van der Waals surface area contributed by atoms with E-state index < -0.39 is 11.8 Å². The molecule has 0 bridgehead atoms. The van der Waals surface area contributed by atoms with E-state index in [9.17, 15) is 19.8 Å². The van der Waals surface area contributed by atoms with E-state index in [0.717, 1.165) is 0 Å². The van der Waals surface area contributed by atoms with Crippen molar-refractivity contribution in [3.8, 4) is 11.5 Å². The second kappa shape index (κ2) is 6.83. The monoisotopic (exact) mass is 378 g/mol. The van der Waals surface area contributed by atoms with Crippen molar-refractivity contribution in [3.05, 3.63) is 57.6 Å². The first kappa shape index (κ1) is 17.0. The summed E-state index contributed by atoms with van der Waals surface area (Å²) in [5, 5.41) is 19.8. The highest BCUT2D eigenvalue weighted by Gasteiger charge is 2.20. The molecule has 0 aliphatic heterocycles.